The number of para-hydroxylation sites is 1. The van der Waals surface area contributed by atoms with E-state index in [-0.39, 0.29) is 11.5 Å². The van der Waals surface area contributed by atoms with Gasteiger partial charge in [-0.05, 0) is 85.5 Å². The van der Waals surface area contributed by atoms with E-state index in [0.29, 0.717) is 40.9 Å². The van der Waals surface area contributed by atoms with Crippen molar-refractivity contribution in [2.45, 2.75) is 39.8 Å². The Bertz CT molecular complexity index is 1690. The number of rotatable bonds is 7. The van der Waals surface area contributed by atoms with Gasteiger partial charge in [-0.15, -0.1) is 0 Å². The average Bonchev–Trinajstić information content (AvgIpc) is 2.95. The molecule has 0 saturated heterocycles. The van der Waals surface area contributed by atoms with Crippen LogP contribution >= 0.6 is 0 Å². The molecule has 0 saturated carbocycles. The summed E-state index contributed by atoms with van der Waals surface area (Å²) >= 11 is 0. The highest BCUT2D eigenvalue weighted by Crippen LogP contribution is 2.29. The standard InChI is InChI=1S/C33H30FN3O2/c1-4-30(36(21-24-10-6-5-7-11-24)32(38)25-15-17-26(34)18-16-25)31-35-29-13-9-8-12-28(29)33(39)37(31)27-19-14-22(2)23(3)20-27/h5-20,30H,4,21H2,1-3H3. The number of carbonyl (C=O) groups is 1. The Morgan fingerprint density at radius 1 is 0.897 bits per heavy atom. The van der Waals surface area contributed by atoms with Crippen LogP contribution in [0.4, 0.5) is 4.39 Å². The van der Waals surface area contributed by atoms with Crippen molar-refractivity contribution in [2.75, 3.05) is 0 Å². The van der Waals surface area contributed by atoms with Crippen LogP contribution in [-0.4, -0.2) is 20.4 Å². The van der Waals surface area contributed by atoms with Crippen LogP contribution in [0.3, 0.4) is 0 Å². The van der Waals surface area contributed by atoms with Crippen LogP contribution in [0.25, 0.3) is 16.6 Å². The summed E-state index contributed by atoms with van der Waals surface area (Å²) < 4.78 is 15.3. The van der Waals surface area contributed by atoms with E-state index < -0.39 is 11.9 Å². The third-order valence-corrected chi connectivity index (χ3v) is 7.16. The first kappa shape index (κ1) is 26.0. The largest absolute Gasteiger partial charge is 0.324 e. The smallest absolute Gasteiger partial charge is 0.266 e. The molecule has 0 radical (unpaired) electrons. The maximum Gasteiger partial charge on any atom is 0.266 e. The molecule has 0 aliphatic rings. The van der Waals surface area contributed by atoms with E-state index >= 15 is 0 Å². The fourth-order valence-electron chi connectivity index (χ4n) is 4.89. The second-order valence-corrected chi connectivity index (χ2v) is 9.75. The van der Waals surface area contributed by atoms with Gasteiger partial charge in [0.05, 0.1) is 22.6 Å². The van der Waals surface area contributed by atoms with E-state index in [4.69, 9.17) is 4.98 Å². The number of hydrogen-bond donors (Lipinski definition) is 0. The molecule has 1 amide bonds. The summed E-state index contributed by atoms with van der Waals surface area (Å²) in [6.07, 6.45) is 0.509. The monoisotopic (exact) mass is 519 g/mol. The number of fused-ring (bicyclic) bond motifs is 1. The van der Waals surface area contributed by atoms with Gasteiger partial charge in [0.2, 0.25) is 0 Å². The number of aryl methyl sites for hydroxylation is 2. The minimum absolute atomic E-state index is 0.189. The van der Waals surface area contributed by atoms with Crippen LogP contribution in [0.5, 0.6) is 0 Å². The van der Waals surface area contributed by atoms with Gasteiger partial charge in [0.1, 0.15) is 11.6 Å². The molecule has 0 aliphatic carbocycles. The third-order valence-electron chi connectivity index (χ3n) is 7.16. The van der Waals surface area contributed by atoms with Gasteiger partial charge < -0.3 is 4.90 Å². The summed E-state index contributed by atoms with van der Waals surface area (Å²) in [6, 6.07) is 27.9. The van der Waals surface area contributed by atoms with Crippen LogP contribution in [0.15, 0.2) is 102 Å². The Labute approximate surface area is 227 Å². The molecule has 39 heavy (non-hydrogen) atoms. The molecule has 0 N–H and O–H groups in total. The summed E-state index contributed by atoms with van der Waals surface area (Å²) in [5.41, 5.74) is 4.56. The van der Waals surface area contributed by atoms with E-state index in [1.807, 2.05) is 87.5 Å². The Balaban J connectivity index is 1.74. The summed E-state index contributed by atoms with van der Waals surface area (Å²) in [5.74, 6) is -0.191. The van der Waals surface area contributed by atoms with Crippen molar-refractivity contribution in [1.82, 2.24) is 14.5 Å². The molecule has 0 aliphatic heterocycles. The minimum Gasteiger partial charge on any atom is -0.324 e. The fourth-order valence-corrected chi connectivity index (χ4v) is 4.89. The maximum atomic E-state index is 14.0. The number of hydrogen-bond acceptors (Lipinski definition) is 3. The lowest BCUT2D eigenvalue weighted by molar-refractivity contribution is 0.0640. The van der Waals surface area contributed by atoms with Crippen molar-refractivity contribution in [3.05, 3.63) is 141 Å². The quantitative estimate of drug-likeness (QED) is 0.234. The minimum atomic E-state index is -0.540. The molecule has 1 heterocycles. The van der Waals surface area contributed by atoms with E-state index in [1.165, 1.54) is 24.3 Å². The van der Waals surface area contributed by atoms with Crippen molar-refractivity contribution in [2.24, 2.45) is 0 Å². The molecule has 0 spiro atoms. The SMILES string of the molecule is CCC(c1nc2ccccc2c(=O)n1-c1ccc(C)c(C)c1)N(Cc1ccccc1)C(=O)c1ccc(F)cc1. The number of amides is 1. The molecular weight excluding hydrogens is 489 g/mol. The van der Waals surface area contributed by atoms with Gasteiger partial charge in [0, 0.05) is 12.1 Å². The number of aromatic nitrogens is 2. The first-order valence-corrected chi connectivity index (χ1v) is 13.1. The highest BCUT2D eigenvalue weighted by atomic mass is 19.1. The number of halogens is 1. The summed E-state index contributed by atoms with van der Waals surface area (Å²) in [5, 5.41) is 0.508. The molecule has 196 valence electrons. The topological polar surface area (TPSA) is 55.2 Å². The van der Waals surface area contributed by atoms with E-state index in [1.54, 1.807) is 15.5 Å². The molecule has 5 aromatic rings. The number of nitrogens with zero attached hydrogens (tertiary/aromatic N) is 3. The number of benzene rings is 4. The van der Waals surface area contributed by atoms with Crippen LogP contribution in [0, 0.1) is 19.7 Å². The highest BCUT2D eigenvalue weighted by Gasteiger charge is 2.30. The number of carbonyl (C=O) groups excluding carboxylic acids is 1. The molecule has 0 bridgehead atoms. The van der Waals surface area contributed by atoms with E-state index in [2.05, 4.69) is 0 Å². The molecule has 1 unspecified atom stereocenters. The normalized spacial score (nSPS) is 11.9. The van der Waals surface area contributed by atoms with Gasteiger partial charge in [-0.1, -0.05) is 55.5 Å². The van der Waals surface area contributed by atoms with Crippen LogP contribution < -0.4 is 5.56 Å². The van der Waals surface area contributed by atoms with Gasteiger partial charge in [0.15, 0.2) is 0 Å². The molecule has 5 rings (SSSR count). The maximum absolute atomic E-state index is 14.0. The summed E-state index contributed by atoms with van der Waals surface area (Å²) in [6.45, 7) is 6.31. The average molecular weight is 520 g/mol. The Morgan fingerprint density at radius 2 is 1.59 bits per heavy atom. The molecule has 5 nitrogen and oxygen atoms in total. The second kappa shape index (κ2) is 11.0. The van der Waals surface area contributed by atoms with Gasteiger partial charge in [-0.25, -0.2) is 9.37 Å². The zero-order valence-electron chi connectivity index (χ0n) is 22.3. The first-order chi connectivity index (χ1) is 18.9. The van der Waals surface area contributed by atoms with Gasteiger partial charge >= 0.3 is 0 Å². The van der Waals surface area contributed by atoms with Crippen LogP contribution in [0.1, 0.15) is 52.3 Å². The lowest BCUT2D eigenvalue weighted by Crippen LogP contribution is -2.38. The van der Waals surface area contributed by atoms with Gasteiger partial charge in [-0.3, -0.25) is 14.2 Å². The van der Waals surface area contributed by atoms with Crippen molar-refractivity contribution < 1.29 is 9.18 Å². The Morgan fingerprint density at radius 3 is 2.28 bits per heavy atom. The predicted molar refractivity (Wildman–Crippen MR) is 153 cm³/mol. The zero-order chi connectivity index (χ0) is 27.5. The second-order valence-electron chi connectivity index (χ2n) is 9.75. The van der Waals surface area contributed by atoms with E-state index in [0.717, 1.165) is 16.7 Å². The van der Waals surface area contributed by atoms with Crippen molar-refractivity contribution in [1.29, 1.82) is 0 Å². The summed E-state index contributed by atoms with van der Waals surface area (Å²) in [4.78, 5) is 34.8. The molecule has 1 aromatic heterocycles. The third kappa shape index (κ3) is 5.23. The highest BCUT2D eigenvalue weighted by molar-refractivity contribution is 5.94. The molecule has 6 heteroatoms. The predicted octanol–water partition coefficient (Wildman–Crippen LogP) is 6.94. The Kier molecular flexibility index (Phi) is 7.37. The van der Waals surface area contributed by atoms with Gasteiger partial charge in [0.25, 0.3) is 11.5 Å². The molecule has 4 aromatic carbocycles. The van der Waals surface area contributed by atoms with E-state index in [9.17, 15) is 14.0 Å². The fraction of sp³-hybridized carbons (Fsp3) is 0.182. The zero-order valence-corrected chi connectivity index (χ0v) is 22.3. The van der Waals surface area contributed by atoms with Gasteiger partial charge in [-0.2, -0.15) is 0 Å². The Hall–Kier alpha value is -4.58. The van der Waals surface area contributed by atoms with Crippen LogP contribution in [0.2, 0.25) is 0 Å². The van der Waals surface area contributed by atoms with Crippen molar-refractivity contribution in [3.8, 4) is 5.69 Å². The van der Waals surface area contributed by atoms with Crippen molar-refractivity contribution >= 4 is 16.8 Å². The first-order valence-electron chi connectivity index (χ1n) is 13.1. The lowest BCUT2D eigenvalue weighted by Gasteiger charge is -2.32. The lowest BCUT2D eigenvalue weighted by atomic mass is 10.1. The molecule has 1 atom stereocenters. The van der Waals surface area contributed by atoms with Crippen molar-refractivity contribution in [3.63, 3.8) is 0 Å². The van der Waals surface area contributed by atoms with Crippen LogP contribution in [-0.2, 0) is 6.54 Å². The molecular formula is C33H30FN3O2. The molecule has 0 fully saturated rings. The summed E-state index contributed by atoms with van der Waals surface area (Å²) in [7, 11) is 0.